The number of fused-ring (bicyclic) bond motifs is 5. The first kappa shape index (κ1) is 12.5. The predicted octanol–water partition coefficient (Wildman–Crippen LogP) is 5.59. The number of rotatable bonds is 0. The highest BCUT2D eigenvalue weighted by atomic mass is 14.6. The normalized spacial score (nSPS) is 56.3. The molecule has 3 saturated carbocycles. The number of hydrogen-bond acceptors (Lipinski definition) is 0. The molecule has 0 N–H and O–H groups in total. The molecule has 3 fully saturated rings. The summed E-state index contributed by atoms with van der Waals surface area (Å²) in [5.74, 6) is 4.17. The van der Waals surface area contributed by atoms with E-state index in [-0.39, 0.29) is 0 Å². The van der Waals surface area contributed by atoms with Gasteiger partial charge in [0.05, 0.1) is 0 Å². The van der Waals surface area contributed by atoms with E-state index in [1.807, 2.05) is 0 Å². The van der Waals surface area contributed by atoms with Crippen LogP contribution in [0.4, 0.5) is 0 Å². The Morgan fingerprint density at radius 2 is 1.79 bits per heavy atom. The van der Waals surface area contributed by atoms with Gasteiger partial charge in [0.1, 0.15) is 0 Å². The van der Waals surface area contributed by atoms with E-state index < -0.39 is 0 Å². The Labute approximate surface area is 119 Å². The Bertz CT molecular complexity index is 395. The maximum absolute atomic E-state index is 2.68. The Morgan fingerprint density at radius 1 is 0.895 bits per heavy atom. The zero-order chi connectivity index (χ0) is 13.1. The third-order valence-electron chi connectivity index (χ3n) is 7.91. The molecule has 0 bridgehead atoms. The fourth-order valence-corrected chi connectivity index (χ4v) is 6.78. The average molecular weight is 258 g/mol. The Hall–Kier alpha value is -0.260. The van der Waals surface area contributed by atoms with Gasteiger partial charge in [-0.15, -0.1) is 0 Å². The molecule has 0 amide bonds. The van der Waals surface area contributed by atoms with E-state index in [1.54, 1.807) is 19.3 Å². The van der Waals surface area contributed by atoms with E-state index in [2.05, 4.69) is 26.0 Å². The van der Waals surface area contributed by atoms with Gasteiger partial charge >= 0.3 is 0 Å². The smallest absolute Gasteiger partial charge is 0.0112 e. The Kier molecular flexibility index (Phi) is 2.71. The highest BCUT2D eigenvalue weighted by Crippen LogP contribution is 2.64. The summed E-state index contributed by atoms with van der Waals surface area (Å²) in [4.78, 5) is 0. The van der Waals surface area contributed by atoms with Gasteiger partial charge in [0, 0.05) is 0 Å². The van der Waals surface area contributed by atoms with E-state index in [4.69, 9.17) is 0 Å². The summed E-state index contributed by atoms with van der Waals surface area (Å²) < 4.78 is 0. The fraction of sp³-hybridized carbons (Fsp3) is 0.895. The van der Waals surface area contributed by atoms with Gasteiger partial charge in [0.15, 0.2) is 0 Å². The Morgan fingerprint density at radius 3 is 2.68 bits per heavy atom. The molecular weight excluding hydrogens is 228 g/mol. The molecule has 0 heterocycles. The summed E-state index contributed by atoms with van der Waals surface area (Å²) in [5, 5.41) is 0. The van der Waals surface area contributed by atoms with Crippen LogP contribution in [0.5, 0.6) is 0 Å². The third-order valence-corrected chi connectivity index (χ3v) is 7.91. The number of hydrogen-bond donors (Lipinski definition) is 0. The maximum Gasteiger partial charge on any atom is -0.0112 e. The summed E-state index contributed by atoms with van der Waals surface area (Å²) in [7, 11) is 0. The molecule has 4 aliphatic rings. The van der Waals surface area contributed by atoms with Crippen LogP contribution in [0.15, 0.2) is 12.2 Å². The molecule has 0 nitrogen and oxygen atoms in total. The lowest BCUT2D eigenvalue weighted by Gasteiger charge is -2.59. The van der Waals surface area contributed by atoms with Crippen molar-refractivity contribution in [2.75, 3.05) is 0 Å². The topological polar surface area (TPSA) is 0 Å². The lowest BCUT2D eigenvalue weighted by molar-refractivity contribution is -0.0969. The summed E-state index contributed by atoms with van der Waals surface area (Å²) in [5.41, 5.74) is 1.28. The molecule has 106 valence electrons. The van der Waals surface area contributed by atoms with Crippen molar-refractivity contribution in [3.8, 4) is 0 Å². The Balaban J connectivity index is 1.65. The molecule has 0 spiro atoms. The molecule has 19 heavy (non-hydrogen) atoms. The first-order valence-corrected chi connectivity index (χ1v) is 8.81. The van der Waals surface area contributed by atoms with Crippen LogP contribution in [-0.4, -0.2) is 0 Å². The van der Waals surface area contributed by atoms with E-state index in [1.165, 1.54) is 38.5 Å². The van der Waals surface area contributed by atoms with Crippen LogP contribution >= 0.6 is 0 Å². The van der Waals surface area contributed by atoms with Crippen LogP contribution in [0, 0.1) is 34.5 Å². The standard InChI is InChI=1S/C19H30/c1-18-11-5-7-16(18)15-9-8-14-6-3-4-12-19(14,2)17(15)10-13-18/h5,11,14-17H,3-4,6-10,12-13H2,1-2H3. The summed E-state index contributed by atoms with van der Waals surface area (Å²) in [6.45, 7) is 5.23. The van der Waals surface area contributed by atoms with E-state index in [0.29, 0.717) is 10.8 Å². The first-order valence-electron chi connectivity index (χ1n) is 8.81. The summed E-state index contributed by atoms with van der Waals surface area (Å²) in [6, 6.07) is 0. The monoisotopic (exact) mass is 258 g/mol. The van der Waals surface area contributed by atoms with Crippen molar-refractivity contribution in [3.63, 3.8) is 0 Å². The summed E-state index contributed by atoms with van der Waals surface area (Å²) >= 11 is 0. The van der Waals surface area contributed by atoms with Crippen LogP contribution in [0.3, 0.4) is 0 Å². The van der Waals surface area contributed by atoms with Gasteiger partial charge in [0.25, 0.3) is 0 Å². The van der Waals surface area contributed by atoms with Gasteiger partial charge in [-0.1, -0.05) is 38.8 Å². The van der Waals surface area contributed by atoms with E-state index >= 15 is 0 Å². The highest BCUT2D eigenvalue weighted by molar-refractivity contribution is 5.16. The molecule has 0 saturated heterocycles. The fourth-order valence-electron chi connectivity index (χ4n) is 6.78. The minimum Gasteiger partial charge on any atom is -0.0877 e. The van der Waals surface area contributed by atoms with Gasteiger partial charge in [-0.2, -0.15) is 0 Å². The number of allylic oxidation sites excluding steroid dienone is 2. The van der Waals surface area contributed by atoms with Crippen LogP contribution in [0.25, 0.3) is 0 Å². The lowest BCUT2D eigenvalue weighted by atomic mass is 9.45. The van der Waals surface area contributed by atoms with Crippen LogP contribution < -0.4 is 0 Å². The minimum absolute atomic E-state index is 0.568. The molecule has 0 aromatic rings. The van der Waals surface area contributed by atoms with Crippen molar-refractivity contribution in [3.05, 3.63) is 12.2 Å². The van der Waals surface area contributed by atoms with Gasteiger partial charge in [0.2, 0.25) is 0 Å². The highest BCUT2D eigenvalue weighted by Gasteiger charge is 2.56. The zero-order valence-electron chi connectivity index (χ0n) is 12.8. The molecule has 0 heteroatoms. The molecule has 4 rings (SSSR count). The molecule has 0 aromatic carbocycles. The third kappa shape index (κ3) is 1.64. The van der Waals surface area contributed by atoms with Gasteiger partial charge in [-0.25, -0.2) is 0 Å². The van der Waals surface area contributed by atoms with Crippen LogP contribution in [0.2, 0.25) is 0 Å². The van der Waals surface area contributed by atoms with Crippen molar-refractivity contribution in [1.29, 1.82) is 0 Å². The molecule has 0 aromatic heterocycles. The second kappa shape index (κ2) is 4.12. The molecule has 0 aliphatic heterocycles. The predicted molar refractivity (Wildman–Crippen MR) is 80.9 cm³/mol. The van der Waals surface area contributed by atoms with Gasteiger partial charge in [-0.3, -0.25) is 0 Å². The molecular formula is C19H30. The molecule has 4 aliphatic carbocycles. The quantitative estimate of drug-likeness (QED) is 0.497. The van der Waals surface area contributed by atoms with Crippen molar-refractivity contribution >= 4 is 0 Å². The van der Waals surface area contributed by atoms with E-state index in [0.717, 1.165) is 23.7 Å². The second-order valence-electron chi connectivity index (χ2n) is 8.59. The van der Waals surface area contributed by atoms with E-state index in [9.17, 15) is 0 Å². The zero-order valence-corrected chi connectivity index (χ0v) is 12.8. The first-order chi connectivity index (χ1) is 9.13. The van der Waals surface area contributed by atoms with Crippen molar-refractivity contribution < 1.29 is 0 Å². The molecule has 0 radical (unpaired) electrons. The van der Waals surface area contributed by atoms with Gasteiger partial charge in [-0.05, 0) is 79.4 Å². The van der Waals surface area contributed by atoms with Gasteiger partial charge < -0.3 is 0 Å². The van der Waals surface area contributed by atoms with Crippen molar-refractivity contribution in [2.24, 2.45) is 34.5 Å². The minimum atomic E-state index is 0.568. The average Bonchev–Trinajstić information content (AvgIpc) is 2.79. The lowest BCUT2D eigenvalue weighted by Crippen LogP contribution is -2.51. The van der Waals surface area contributed by atoms with Crippen molar-refractivity contribution in [2.45, 2.75) is 71.6 Å². The summed E-state index contributed by atoms with van der Waals surface area (Å²) in [6.07, 6.45) is 18.7. The largest absolute Gasteiger partial charge is 0.0877 e. The second-order valence-corrected chi connectivity index (χ2v) is 8.59. The maximum atomic E-state index is 2.68. The SMILES string of the molecule is CC12C=CCC1C1CCC3CCCCC3(C)C1CC2. The molecule has 6 atom stereocenters. The van der Waals surface area contributed by atoms with Crippen molar-refractivity contribution in [1.82, 2.24) is 0 Å². The van der Waals surface area contributed by atoms with Crippen LogP contribution in [0.1, 0.15) is 71.6 Å². The van der Waals surface area contributed by atoms with Crippen LogP contribution in [-0.2, 0) is 0 Å². The molecule has 6 unspecified atom stereocenters.